The van der Waals surface area contributed by atoms with Gasteiger partial charge in [0.15, 0.2) is 5.69 Å². The van der Waals surface area contributed by atoms with Crippen molar-refractivity contribution < 1.29 is 14.3 Å². The largest absolute Gasteiger partial charge is 0.464 e. The second-order valence-corrected chi connectivity index (χ2v) is 3.91. The Balaban J connectivity index is 2.00. The van der Waals surface area contributed by atoms with E-state index in [1.54, 1.807) is 12.1 Å². The van der Waals surface area contributed by atoms with Crippen molar-refractivity contribution >= 4 is 11.8 Å². The minimum atomic E-state index is -0.485. The summed E-state index contributed by atoms with van der Waals surface area (Å²) in [5.41, 5.74) is 0.203. The van der Waals surface area contributed by atoms with Crippen molar-refractivity contribution in [1.29, 1.82) is 0 Å². The number of nitrogens with one attached hydrogen (secondary N) is 1. The number of ether oxygens (including phenoxy) is 2. The molecule has 0 aliphatic carbocycles. The van der Waals surface area contributed by atoms with Gasteiger partial charge in [-0.1, -0.05) is 0 Å². The molecule has 0 bridgehead atoms. The van der Waals surface area contributed by atoms with Crippen LogP contribution in [-0.4, -0.2) is 42.0 Å². The van der Waals surface area contributed by atoms with E-state index in [1.165, 1.54) is 7.11 Å². The topological polar surface area (TPSA) is 73.3 Å². The molecule has 1 N–H and O–H groups in total. The second-order valence-electron chi connectivity index (χ2n) is 3.91. The van der Waals surface area contributed by atoms with Gasteiger partial charge in [0.25, 0.3) is 0 Å². The summed E-state index contributed by atoms with van der Waals surface area (Å²) >= 11 is 0. The molecule has 2 rings (SSSR count). The molecule has 2 heterocycles. The van der Waals surface area contributed by atoms with Crippen LogP contribution in [0.5, 0.6) is 0 Å². The molecule has 1 aromatic heterocycles. The smallest absolute Gasteiger partial charge is 0.358 e. The molecule has 1 fully saturated rings. The van der Waals surface area contributed by atoms with E-state index in [1.807, 2.05) is 6.92 Å². The number of hydrogen-bond donors (Lipinski definition) is 1. The van der Waals surface area contributed by atoms with Gasteiger partial charge in [-0.15, -0.1) is 10.2 Å². The third kappa shape index (κ3) is 2.71. The van der Waals surface area contributed by atoms with Crippen molar-refractivity contribution in [2.24, 2.45) is 0 Å². The number of rotatable bonds is 3. The molecule has 6 heteroatoms. The first-order chi connectivity index (χ1) is 8.20. The van der Waals surface area contributed by atoms with Gasteiger partial charge in [-0.05, 0) is 25.5 Å². The summed E-state index contributed by atoms with van der Waals surface area (Å²) in [5, 5.41) is 10.9. The molecular formula is C11H15N3O3. The van der Waals surface area contributed by atoms with Crippen LogP contribution < -0.4 is 5.32 Å². The van der Waals surface area contributed by atoms with Crippen molar-refractivity contribution in [2.45, 2.75) is 25.5 Å². The molecule has 6 nitrogen and oxygen atoms in total. The quantitative estimate of drug-likeness (QED) is 0.786. The van der Waals surface area contributed by atoms with E-state index in [-0.39, 0.29) is 17.8 Å². The zero-order valence-corrected chi connectivity index (χ0v) is 9.84. The molecular weight excluding hydrogens is 222 g/mol. The molecule has 0 aromatic carbocycles. The predicted octanol–water partition coefficient (Wildman–Crippen LogP) is 0.852. The van der Waals surface area contributed by atoms with Crippen molar-refractivity contribution in [2.75, 3.05) is 19.0 Å². The maximum absolute atomic E-state index is 11.2. The van der Waals surface area contributed by atoms with E-state index in [2.05, 4.69) is 20.3 Å². The lowest BCUT2D eigenvalue weighted by molar-refractivity contribution is 0.0592. The molecule has 92 valence electrons. The summed E-state index contributed by atoms with van der Waals surface area (Å²) in [6, 6.07) is 3.54. The van der Waals surface area contributed by atoms with Crippen molar-refractivity contribution in [1.82, 2.24) is 10.2 Å². The average molecular weight is 237 g/mol. The molecule has 0 amide bonds. The van der Waals surface area contributed by atoms with Gasteiger partial charge in [0.05, 0.1) is 19.3 Å². The minimum absolute atomic E-state index is 0.164. The van der Waals surface area contributed by atoms with Gasteiger partial charge >= 0.3 is 5.97 Å². The summed E-state index contributed by atoms with van der Waals surface area (Å²) < 4.78 is 9.98. The third-order valence-corrected chi connectivity index (χ3v) is 2.77. The number of aromatic nitrogens is 2. The number of anilines is 1. The van der Waals surface area contributed by atoms with Crippen LogP contribution in [0.25, 0.3) is 0 Å². The summed E-state index contributed by atoms with van der Waals surface area (Å²) in [6.45, 7) is 2.77. The van der Waals surface area contributed by atoms with Crippen LogP contribution in [-0.2, 0) is 9.47 Å². The van der Waals surface area contributed by atoms with E-state index in [0.29, 0.717) is 5.82 Å². The summed E-state index contributed by atoms with van der Waals surface area (Å²) in [7, 11) is 1.31. The Morgan fingerprint density at radius 3 is 2.88 bits per heavy atom. The molecule has 1 saturated heterocycles. The fraction of sp³-hybridized carbons (Fsp3) is 0.545. The van der Waals surface area contributed by atoms with Crippen LogP contribution in [0.2, 0.25) is 0 Å². The number of carbonyl (C=O) groups excluding carboxylic acids is 1. The van der Waals surface area contributed by atoms with Crippen LogP contribution >= 0.6 is 0 Å². The lowest BCUT2D eigenvalue weighted by Gasteiger charge is -2.15. The standard InChI is InChI=1S/C11H15N3O3/c1-7-8(5-6-17-7)12-10-4-3-9(13-14-10)11(15)16-2/h3-4,7-8H,5-6H2,1-2H3,(H,12,14). The van der Waals surface area contributed by atoms with Crippen LogP contribution in [0.3, 0.4) is 0 Å². The molecule has 0 saturated carbocycles. The zero-order chi connectivity index (χ0) is 12.3. The number of esters is 1. The highest BCUT2D eigenvalue weighted by atomic mass is 16.5. The molecule has 2 atom stereocenters. The van der Waals surface area contributed by atoms with Gasteiger partial charge < -0.3 is 14.8 Å². The monoisotopic (exact) mass is 237 g/mol. The van der Waals surface area contributed by atoms with E-state index in [0.717, 1.165) is 13.0 Å². The van der Waals surface area contributed by atoms with Gasteiger partial charge in [0, 0.05) is 6.61 Å². The lowest BCUT2D eigenvalue weighted by atomic mass is 10.1. The highest BCUT2D eigenvalue weighted by Gasteiger charge is 2.24. The summed E-state index contributed by atoms with van der Waals surface area (Å²) in [5.74, 6) is 0.154. The lowest BCUT2D eigenvalue weighted by Crippen LogP contribution is -2.27. The first kappa shape index (κ1) is 11.8. The first-order valence-corrected chi connectivity index (χ1v) is 5.51. The average Bonchev–Trinajstić information content (AvgIpc) is 2.75. The Labute approximate surface area is 99.3 Å². The summed E-state index contributed by atoms with van der Waals surface area (Å²) in [4.78, 5) is 11.2. The number of nitrogens with zero attached hydrogens (tertiary/aromatic N) is 2. The number of carbonyl (C=O) groups is 1. The maximum atomic E-state index is 11.2. The van der Waals surface area contributed by atoms with Gasteiger partial charge in [-0.25, -0.2) is 4.79 Å². The van der Waals surface area contributed by atoms with Crippen molar-refractivity contribution in [3.8, 4) is 0 Å². The predicted molar refractivity (Wildman–Crippen MR) is 60.8 cm³/mol. The Morgan fingerprint density at radius 2 is 2.35 bits per heavy atom. The molecule has 2 unspecified atom stereocenters. The Bertz CT molecular complexity index is 393. The van der Waals surface area contributed by atoms with E-state index >= 15 is 0 Å². The number of hydrogen-bond acceptors (Lipinski definition) is 6. The van der Waals surface area contributed by atoms with Crippen LogP contribution in [0, 0.1) is 0 Å². The Kier molecular flexibility index (Phi) is 3.53. The fourth-order valence-electron chi connectivity index (χ4n) is 1.73. The SMILES string of the molecule is COC(=O)c1ccc(NC2CCOC2C)nn1. The summed E-state index contributed by atoms with van der Waals surface area (Å²) in [6.07, 6.45) is 1.11. The fourth-order valence-corrected chi connectivity index (χ4v) is 1.73. The molecule has 0 spiro atoms. The third-order valence-electron chi connectivity index (χ3n) is 2.77. The van der Waals surface area contributed by atoms with E-state index < -0.39 is 5.97 Å². The second kappa shape index (κ2) is 5.09. The normalized spacial score (nSPS) is 23.4. The highest BCUT2D eigenvalue weighted by Crippen LogP contribution is 2.17. The van der Waals surface area contributed by atoms with Crippen LogP contribution in [0.1, 0.15) is 23.8 Å². The number of methoxy groups -OCH3 is 1. The molecule has 17 heavy (non-hydrogen) atoms. The molecule has 1 aliphatic rings. The van der Waals surface area contributed by atoms with E-state index in [9.17, 15) is 4.79 Å². The molecule has 1 aromatic rings. The maximum Gasteiger partial charge on any atom is 0.358 e. The van der Waals surface area contributed by atoms with Crippen LogP contribution in [0.15, 0.2) is 12.1 Å². The molecule has 1 aliphatic heterocycles. The van der Waals surface area contributed by atoms with Crippen LogP contribution in [0.4, 0.5) is 5.82 Å². The first-order valence-electron chi connectivity index (χ1n) is 5.51. The minimum Gasteiger partial charge on any atom is -0.464 e. The molecule has 0 radical (unpaired) electrons. The van der Waals surface area contributed by atoms with Crippen molar-refractivity contribution in [3.05, 3.63) is 17.8 Å². The Morgan fingerprint density at radius 1 is 1.53 bits per heavy atom. The zero-order valence-electron chi connectivity index (χ0n) is 9.84. The van der Waals surface area contributed by atoms with E-state index in [4.69, 9.17) is 4.74 Å². The van der Waals surface area contributed by atoms with Gasteiger partial charge in [0.2, 0.25) is 0 Å². The highest BCUT2D eigenvalue weighted by molar-refractivity contribution is 5.86. The van der Waals surface area contributed by atoms with Gasteiger partial charge in [0.1, 0.15) is 5.82 Å². The van der Waals surface area contributed by atoms with Gasteiger partial charge in [-0.3, -0.25) is 0 Å². The van der Waals surface area contributed by atoms with Gasteiger partial charge in [-0.2, -0.15) is 0 Å². The van der Waals surface area contributed by atoms with Crippen molar-refractivity contribution in [3.63, 3.8) is 0 Å². The Hall–Kier alpha value is -1.69.